The quantitative estimate of drug-likeness (QED) is 0.468. The lowest BCUT2D eigenvalue weighted by atomic mass is 10.1. The van der Waals surface area contributed by atoms with Gasteiger partial charge < -0.3 is 14.4 Å². The van der Waals surface area contributed by atoms with Crippen LogP contribution < -0.4 is 0 Å². The molecule has 2 rings (SSSR count). The molecule has 2 aromatic rings. The molecular formula is C17H18N2O6. The van der Waals surface area contributed by atoms with Crippen molar-refractivity contribution in [2.45, 2.75) is 26.8 Å². The van der Waals surface area contributed by atoms with Crippen LogP contribution >= 0.6 is 0 Å². The van der Waals surface area contributed by atoms with Crippen molar-refractivity contribution in [3.8, 4) is 11.3 Å². The van der Waals surface area contributed by atoms with E-state index in [9.17, 15) is 19.7 Å². The van der Waals surface area contributed by atoms with Crippen molar-refractivity contribution in [1.82, 2.24) is 4.57 Å². The molecule has 0 saturated heterocycles. The normalized spacial score (nSPS) is 10.5. The van der Waals surface area contributed by atoms with Crippen LogP contribution in [0.25, 0.3) is 11.3 Å². The molecule has 0 aliphatic heterocycles. The minimum atomic E-state index is -0.976. The Morgan fingerprint density at radius 3 is 2.64 bits per heavy atom. The second-order valence-electron chi connectivity index (χ2n) is 5.35. The molecule has 1 N–H and O–H groups in total. The summed E-state index contributed by atoms with van der Waals surface area (Å²) in [7, 11) is 0. The summed E-state index contributed by atoms with van der Waals surface area (Å²) in [6.07, 6.45) is -0.139. The lowest BCUT2D eigenvalue weighted by Gasteiger charge is -2.11. The Labute approximate surface area is 143 Å². The third-order valence-corrected chi connectivity index (χ3v) is 3.76. The first-order valence-electron chi connectivity index (χ1n) is 7.69. The molecule has 132 valence electrons. The van der Waals surface area contributed by atoms with Gasteiger partial charge in [0.15, 0.2) is 0 Å². The van der Waals surface area contributed by atoms with Crippen LogP contribution in [0.5, 0.6) is 0 Å². The van der Waals surface area contributed by atoms with Crippen LogP contribution in [-0.2, 0) is 16.1 Å². The lowest BCUT2D eigenvalue weighted by Crippen LogP contribution is -2.10. The number of hydrogen-bond acceptors (Lipinski definition) is 5. The number of benzene rings is 1. The largest absolute Gasteiger partial charge is 0.481 e. The summed E-state index contributed by atoms with van der Waals surface area (Å²) in [6, 6.07) is 7.55. The number of nitro benzene ring substituents is 1. The molecule has 1 aromatic heterocycles. The minimum absolute atomic E-state index is 0.0844. The molecule has 0 amide bonds. The number of carbonyl (C=O) groups excluding carboxylic acids is 1. The van der Waals surface area contributed by atoms with E-state index in [1.54, 1.807) is 36.6 Å². The molecule has 8 nitrogen and oxygen atoms in total. The molecule has 0 saturated carbocycles. The second-order valence-corrected chi connectivity index (χ2v) is 5.35. The number of rotatable bonds is 7. The Kier molecular flexibility index (Phi) is 5.53. The van der Waals surface area contributed by atoms with Gasteiger partial charge in [-0.05, 0) is 19.9 Å². The standard InChI is InChI=1S/C17H18N2O6/c1-3-25-17(22)14-10-15(18(11(14)2)8-7-16(20)21)12-5-4-6-13(9-12)19(23)24/h4-6,9-10H,3,7-8H2,1-2H3,(H,20,21). The van der Waals surface area contributed by atoms with Crippen molar-refractivity contribution in [1.29, 1.82) is 0 Å². The summed E-state index contributed by atoms with van der Waals surface area (Å²) in [5, 5.41) is 19.9. The van der Waals surface area contributed by atoms with Crippen molar-refractivity contribution in [3.63, 3.8) is 0 Å². The molecule has 1 aromatic carbocycles. The molecule has 0 aliphatic rings. The van der Waals surface area contributed by atoms with E-state index >= 15 is 0 Å². The Morgan fingerprint density at radius 1 is 1.32 bits per heavy atom. The number of carboxylic acids is 1. The molecule has 0 aliphatic carbocycles. The zero-order valence-corrected chi connectivity index (χ0v) is 13.9. The van der Waals surface area contributed by atoms with Gasteiger partial charge in [-0.25, -0.2) is 4.79 Å². The van der Waals surface area contributed by atoms with Gasteiger partial charge in [-0.15, -0.1) is 0 Å². The lowest BCUT2D eigenvalue weighted by molar-refractivity contribution is -0.384. The first-order chi connectivity index (χ1) is 11.8. The zero-order valence-electron chi connectivity index (χ0n) is 13.9. The summed E-state index contributed by atoms with van der Waals surface area (Å²) in [5.74, 6) is -1.49. The summed E-state index contributed by atoms with van der Waals surface area (Å²) >= 11 is 0. The van der Waals surface area contributed by atoms with Crippen LogP contribution in [0.15, 0.2) is 30.3 Å². The van der Waals surface area contributed by atoms with E-state index in [2.05, 4.69) is 0 Å². The van der Waals surface area contributed by atoms with Crippen molar-refractivity contribution in [2.75, 3.05) is 6.61 Å². The number of aliphatic carboxylic acids is 1. The topological polar surface area (TPSA) is 112 Å². The van der Waals surface area contributed by atoms with Crippen molar-refractivity contribution in [2.24, 2.45) is 0 Å². The molecule has 0 unspecified atom stereocenters. The average Bonchev–Trinajstić information content (AvgIpc) is 2.90. The van der Waals surface area contributed by atoms with Gasteiger partial charge in [-0.3, -0.25) is 14.9 Å². The van der Waals surface area contributed by atoms with Crippen LogP contribution in [0.3, 0.4) is 0 Å². The van der Waals surface area contributed by atoms with Gasteiger partial charge in [-0.1, -0.05) is 12.1 Å². The van der Waals surface area contributed by atoms with Gasteiger partial charge in [0, 0.05) is 35.6 Å². The van der Waals surface area contributed by atoms with Crippen LogP contribution in [0.1, 0.15) is 29.4 Å². The van der Waals surface area contributed by atoms with E-state index in [0.29, 0.717) is 22.5 Å². The number of hydrogen-bond donors (Lipinski definition) is 1. The van der Waals surface area contributed by atoms with Gasteiger partial charge in [0.05, 0.1) is 23.5 Å². The summed E-state index contributed by atoms with van der Waals surface area (Å²) in [4.78, 5) is 33.5. The number of carboxylic acid groups (broad SMARTS) is 1. The van der Waals surface area contributed by atoms with Gasteiger partial charge in [0.2, 0.25) is 0 Å². The van der Waals surface area contributed by atoms with E-state index in [1.807, 2.05) is 0 Å². The Bertz CT molecular complexity index is 825. The first-order valence-corrected chi connectivity index (χ1v) is 7.69. The third kappa shape index (κ3) is 4.03. The Hall–Kier alpha value is -3.16. The molecule has 0 atom stereocenters. The summed E-state index contributed by atoms with van der Waals surface area (Å²) in [6.45, 7) is 3.73. The molecule has 8 heteroatoms. The van der Waals surface area contributed by atoms with E-state index in [0.717, 1.165) is 0 Å². The van der Waals surface area contributed by atoms with Gasteiger partial charge in [0.1, 0.15) is 0 Å². The average molecular weight is 346 g/mol. The number of esters is 1. The molecular weight excluding hydrogens is 328 g/mol. The number of ether oxygens (including phenoxy) is 1. The number of nitro groups is 1. The monoisotopic (exact) mass is 346 g/mol. The van der Waals surface area contributed by atoms with Crippen LogP contribution in [0.2, 0.25) is 0 Å². The van der Waals surface area contributed by atoms with Crippen molar-refractivity contribution >= 4 is 17.6 Å². The number of non-ortho nitro benzene ring substituents is 1. The highest BCUT2D eigenvalue weighted by Crippen LogP contribution is 2.29. The molecule has 0 bridgehead atoms. The maximum atomic E-state index is 12.1. The van der Waals surface area contributed by atoms with Gasteiger partial charge in [-0.2, -0.15) is 0 Å². The maximum absolute atomic E-state index is 12.1. The van der Waals surface area contributed by atoms with E-state index in [4.69, 9.17) is 9.84 Å². The number of aromatic nitrogens is 1. The second kappa shape index (κ2) is 7.61. The fraction of sp³-hybridized carbons (Fsp3) is 0.294. The van der Waals surface area contributed by atoms with Crippen molar-refractivity contribution < 1.29 is 24.4 Å². The van der Waals surface area contributed by atoms with Gasteiger partial charge in [0.25, 0.3) is 5.69 Å². The maximum Gasteiger partial charge on any atom is 0.339 e. The smallest absolute Gasteiger partial charge is 0.339 e. The molecule has 0 fully saturated rings. The third-order valence-electron chi connectivity index (χ3n) is 3.76. The SMILES string of the molecule is CCOC(=O)c1cc(-c2cccc([N+](=O)[O-])c2)n(CCC(=O)O)c1C. The Balaban J connectivity index is 2.56. The zero-order chi connectivity index (χ0) is 18.6. The van der Waals surface area contributed by atoms with E-state index in [1.165, 1.54) is 12.1 Å². The molecule has 0 spiro atoms. The highest BCUT2D eigenvalue weighted by Gasteiger charge is 2.20. The number of carbonyl (C=O) groups is 2. The summed E-state index contributed by atoms with van der Waals surface area (Å²) < 4.78 is 6.69. The summed E-state index contributed by atoms with van der Waals surface area (Å²) in [5.41, 5.74) is 1.84. The predicted molar refractivity (Wildman–Crippen MR) is 89.5 cm³/mol. The molecule has 1 heterocycles. The minimum Gasteiger partial charge on any atom is -0.481 e. The molecule has 0 radical (unpaired) electrons. The van der Waals surface area contributed by atoms with Crippen LogP contribution in [-0.4, -0.2) is 33.1 Å². The Morgan fingerprint density at radius 2 is 2.04 bits per heavy atom. The van der Waals surface area contributed by atoms with Crippen molar-refractivity contribution in [3.05, 3.63) is 51.7 Å². The fourth-order valence-electron chi connectivity index (χ4n) is 2.57. The fourth-order valence-corrected chi connectivity index (χ4v) is 2.57. The van der Waals surface area contributed by atoms with Crippen LogP contribution in [0.4, 0.5) is 5.69 Å². The highest BCUT2D eigenvalue weighted by atomic mass is 16.6. The molecule has 25 heavy (non-hydrogen) atoms. The van der Waals surface area contributed by atoms with E-state index < -0.39 is 16.9 Å². The highest BCUT2D eigenvalue weighted by molar-refractivity contribution is 5.92. The first kappa shape index (κ1) is 18.2. The van der Waals surface area contributed by atoms with Gasteiger partial charge >= 0.3 is 11.9 Å². The number of nitrogens with zero attached hydrogens (tertiary/aromatic N) is 2. The predicted octanol–water partition coefficient (Wildman–Crippen LogP) is 3.02. The van der Waals surface area contributed by atoms with E-state index in [-0.39, 0.29) is 25.3 Å². The van der Waals surface area contributed by atoms with Crippen LogP contribution in [0, 0.1) is 17.0 Å².